The van der Waals surface area contributed by atoms with Crippen LogP contribution in [0.1, 0.15) is 23.6 Å². The molecule has 3 aromatic rings. The van der Waals surface area contributed by atoms with Crippen LogP contribution in [-0.4, -0.2) is 37.1 Å². The van der Waals surface area contributed by atoms with Crippen molar-refractivity contribution in [3.8, 4) is 11.4 Å². The van der Waals surface area contributed by atoms with E-state index in [1.807, 2.05) is 40.6 Å². The van der Waals surface area contributed by atoms with Crippen LogP contribution in [-0.2, 0) is 20.1 Å². The molecule has 0 amide bonds. The van der Waals surface area contributed by atoms with E-state index in [4.69, 9.17) is 5.73 Å². The first-order chi connectivity index (χ1) is 13.6. The molecule has 2 N–H and O–H groups in total. The Balaban J connectivity index is 1.45. The van der Waals surface area contributed by atoms with Crippen LogP contribution in [0.3, 0.4) is 0 Å². The molecule has 2 aliphatic rings. The van der Waals surface area contributed by atoms with Gasteiger partial charge in [0.15, 0.2) is 0 Å². The molecule has 2 bridgehead atoms. The van der Waals surface area contributed by atoms with Gasteiger partial charge in [-0.25, -0.2) is 9.97 Å². The van der Waals surface area contributed by atoms with Gasteiger partial charge in [-0.15, -0.1) is 0 Å². The molecule has 2 aliphatic heterocycles. The quantitative estimate of drug-likeness (QED) is 0.754. The lowest BCUT2D eigenvalue weighted by Gasteiger charge is -2.43. The van der Waals surface area contributed by atoms with Crippen LogP contribution in [0.4, 0.5) is 5.82 Å². The fraction of sp³-hybridized carbons (Fsp3) is 0.381. The first-order valence-corrected chi connectivity index (χ1v) is 9.73. The number of likely N-dealkylation sites (tertiary alicyclic amines) is 1. The third-order valence-corrected chi connectivity index (χ3v) is 6.06. The summed E-state index contributed by atoms with van der Waals surface area (Å²) in [6, 6.07) is 8.04. The van der Waals surface area contributed by atoms with Crippen molar-refractivity contribution in [2.75, 3.05) is 18.8 Å². The molecule has 0 radical (unpaired) electrons. The second-order valence-corrected chi connectivity index (χ2v) is 7.99. The van der Waals surface area contributed by atoms with Crippen molar-refractivity contribution in [1.29, 1.82) is 0 Å². The van der Waals surface area contributed by atoms with Crippen LogP contribution < -0.4 is 11.3 Å². The van der Waals surface area contributed by atoms with Crippen LogP contribution in [0, 0.1) is 5.92 Å². The van der Waals surface area contributed by atoms with Crippen molar-refractivity contribution in [2.45, 2.75) is 25.4 Å². The summed E-state index contributed by atoms with van der Waals surface area (Å²) < 4.78 is 3.88. The van der Waals surface area contributed by atoms with Crippen LogP contribution in [0.2, 0.25) is 0 Å². The van der Waals surface area contributed by atoms with E-state index in [1.165, 1.54) is 0 Å². The third kappa shape index (κ3) is 2.82. The number of fused-ring (bicyclic) bond motifs is 4. The molecule has 0 aliphatic carbocycles. The zero-order valence-electron chi connectivity index (χ0n) is 16.0. The van der Waals surface area contributed by atoms with Crippen molar-refractivity contribution >= 4 is 5.82 Å². The Morgan fingerprint density at radius 2 is 2.04 bits per heavy atom. The number of nitrogens with two attached hydrogens (primary N) is 1. The Bertz CT molecular complexity index is 1080. The molecule has 0 saturated carbocycles. The highest BCUT2D eigenvalue weighted by atomic mass is 16.1. The molecule has 2 atom stereocenters. The molecule has 0 unspecified atom stereocenters. The van der Waals surface area contributed by atoms with E-state index >= 15 is 0 Å². The topological polar surface area (TPSA) is 82.0 Å². The Hall–Kier alpha value is -2.93. The molecular weight excluding hydrogens is 352 g/mol. The van der Waals surface area contributed by atoms with Gasteiger partial charge in [0.1, 0.15) is 11.6 Å². The molecular formula is C21H24N6O. The van der Waals surface area contributed by atoms with Crippen molar-refractivity contribution < 1.29 is 0 Å². The SMILES string of the molecule is Cn1ccnc1-c1ccc2n(c1=O)C[C@H]1C[C@@H]2CN(Cc2cccnc2N)C1. The van der Waals surface area contributed by atoms with Gasteiger partial charge in [0.2, 0.25) is 0 Å². The van der Waals surface area contributed by atoms with Gasteiger partial charge in [-0.3, -0.25) is 9.69 Å². The number of hydrogen-bond donors (Lipinski definition) is 1. The van der Waals surface area contributed by atoms with E-state index in [0.29, 0.717) is 23.2 Å². The van der Waals surface area contributed by atoms with Crippen LogP contribution in [0.5, 0.6) is 0 Å². The van der Waals surface area contributed by atoms with Crippen molar-refractivity contribution in [2.24, 2.45) is 13.0 Å². The Morgan fingerprint density at radius 1 is 1.14 bits per heavy atom. The number of hydrogen-bond acceptors (Lipinski definition) is 5. The fourth-order valence-electron chi connectivity index (χ4n) is 4.79. The van der Waals surface area contributed by atoms with Gasteiger partial charge in [-0.2, -0.15) is 0 Å². The van der Waals surface area contributed by atoms with Gasteiger partial charge in [0.05, 0.1) is 5.56 Å². The van der Waals surface area contributed by atoms with Gasteiger partial charge < -0.3 is 14.9 Å². The number of nitrogens with zero attached hydrogens (tertiary/aromatic N) is 5. The van der Waals surface area contributed by atoms with Crippen LogP contribution in [0.25, 0.3) is 11.4 Å². The average molecular weight is 376 g/mol. The summed E-state index contributed by atoms with van der Waals surface area (Å²) in [5, 5.41) is 0. The number of aromatic nitrogens is 4. The highest BCUT2D eigenvalue weighted by Crippen LogP contribution is 2.36. The minimum atomic E-state index is 0.0754. The predicted molar refractivity (Wildman–Crippen MR) is 108 cm³/mol. The van der Waals surface area contributed by atoms with E-state index in [2.05, 4.69) is 20.9 Å². The maximum atomic E-state index is 13.2. The summed E-state index contributed by atoms with van der Waals surface area (Å²) in [5.41, 5.74) is 9.00. The maximum absolute atomic E-state index is 13.2. The zero-order chi connectivity index (χ0) is 19.3. The van der Waals surface area contributed by atoms with E-state index < -0.39 is 0 Å². The molecule has 1 fully saturated rings. The molecule has 3 aromatic heterocycles. The largest absolute Gasteiger partial charge is 0.383 e. The third-order valence-electron chi connectivity index (χ3n) is 6.06. The van der Waals surface area contributed by atoms with Crippen LogP contribution in [0.15, 0.2) is 47.7 Å². The van der Waals surface area contributed by atoms with E-state index in [0.717, 1.165) is 49.7 Å². The van der Waals surface area contributed by atoms with Crippen LogP contribution >= 0.6 is 0 Å². The highest BCUT2D eigenvalue weighted by molar-refractivity contribution is 5.54. The monoisotopic (exact) mass is 376 g/mol. The Kier molecular flexibility index (Phi) is 4.05. The zero-order valence-corrected chi connectivity index (χ0v) is 16.0. The number of anilines is 1. The standard InChI is InChI=1S/C21H24N6O/c1-25-8-7-24-20(25)17-4-5-18-16-9-14(11-27(18)21(17)28)10-26(13-16)12-15-3-2-6-23-19(15)22/h2-8,14,16H,9-13H2,1H3,(H2,22,23)/t14-,16+/m0/s1. The smallest absolute Gasteiger partial charge is 0.261 e. The fourth-order valence-corrected chi connectivity index (χ4v) is 4.79. The normalized spacial score (nSPS) is 21.5. The molecule has 1 saturated heterocycles. The second kappa shape index (κ2) is 6.60. The predicted octanol–water partition coefficient (Wildman–Crippen LogP) is 1.85. The van der Waals surface area contributed by atoms with Gasteiger partial charge in [0, 0.05) is 69.0 Å². The van der Waals surface area contributed by atoms with Gasteiger partial charge in [-0.1, -0.05) is 6.07 Å². The average Bonchev–Trinajstić information content (AvgIpc) is 3.10. The number of rotatable bonds is 3. The number of pyridine rings is 2. The molecule has 5 rings (SSSR count). The molecule has 7 heteroatoms. The van der Waals surface area contributed by atoms with Gasteiger partial charge in [0.25, 0.3) is 5.56 Å². The van der Waals surface area contributed by atoms with Gasteiger partial charge >= 0.3 is 0 Å². The molecule has 7 nitrogen and oxygen atoms in total. The van der Waals surface area contributed by atoms with Gasteiger partial charge in [-0.05, 0) is 30.5 Å². The summed E-state index contributed by atoms with van der Waals surface area (Å²) in [6.07, 6.45) is 6.47. The molecule has 144 valence electrons. The second-order valence-electron chi connectivity index (χ2n) is 7.99. The van der Waals surface area contributed by atoms with Crippen molar-refractivity contribution in [3.63, 3.8) is 0 Å². The first kappa shape index (κ1) is 17.2. The Morgan fingerprint density at radius 3 is 2.82 bits per heavy atom. The molecule has 0 spiro atoms. The molecule has 5 heterocycles. The number of aryl methyl sites for hydroxylation is 1. The summed E-state index contributed by atoms with van der Waals surface area (Å²) in [5.74, 6) is 2.17. The lowest BCUT2D eigenvalue weighted by Crippen LogP contribution is -2.47. The number of nitrogen functional groups attached to an aromatic ring is 1. The van der Waals surface area contributed by atoms with E-state index in [9.17, 15) is 4.79 Å². The summed E-state index contributed by atoms with van der Waals surface area (Å²) in [4.78, 5) is 24.2. The first-order valence-electron chi connectivity index (χ1n) is 9.73. The summed E-state index contributed by atoms with van der Waals surface area (Å²) >= 11 is 0. The van der Waals surface area contributed by atoms with E-state index in [1.54, 1.807) is 12.4 Å². The van der Waals surface area contributed by atoms with E-state index in [-0.39, 0.29) is 5.56 Å². The molecule has 0 aromatic carbocycles. The minimum absolute atomic E-state index is 0.0754. The summed E-state index contributed by atoms with van der Waals surface area (Å²) in [7, 11) is 1.92. The lowest BCUT2D eigenvalue weighted by atomic mass is 9.82. The van der Waals surface area contributed by atoms with Crippen molar-refractivity contribution in [1.82, 2.24) is 24.0 Å². The minimum Gasteiger partial charge on any atom is -0.383 e. The Labute approximate surface area is 163 Å². The maximum Gasteiger partial charge on any atom is 0.261 e. The van der Waals surface area contributed by atoms with Crippen molar-refractivity contribution in [3.05, 3.63) is 64.5 Å². The summed E-state index contributed by atoms with van der Waals surface area (Å²) in [6.45, 7) is 3.49. The highest BCUT2D eigenvalue weighted by Gasteiger charge is 2.35. The number of imidazole rings is 1. The lowest BCUT2D eigenvalue weighted by molar-refractivity contribution is 0.114. The molecule has 28 heavy (non-hydrogen) atoms. The number of piperidine rings is 1.